The van der Waals surface area contributed by atoms with Crippen molar-refractivity contribution in [2.45, 2.75) is 31.9 Å². The highest BCUT2D eigenvalue weighted by atomic mass is 32.1. The summed E-state index contributed by atoms with van der Waals surface area (Å²) in [6, 6.07) is 9.12. The molecule has 1 fully saturated rings. The van der Waals surface area contributed by atoms with Crippen LogP contribution >= 0.6 is 12.2 Å². The number of carbonyl (C=O) groups is 1. The molecule has 0 saturated carbocycles. The molecule has 0 bridgehead atoms. The Bertz CT molecular complexity index is 478. The smallest absolute Gasteiger partial charge is 0.226 e. The van der Waals surface area contributed by atoms with Crippen molar-refractivity contribution in [3.8, 4) is 0 Å². The molecule has 1 aliphatic rings. The largest absolute Gasteiger partial charge is 0.391 e. The maximum atomic E-state index is 12.4. The summed E-state index contributed by atoms with van der Waals surface area (Å²) in [6.45, 7) is 2.66. The van der Waals surface area contributed by atoms with Crippen molar-refractivity contribution in [2.24, 2.45) is 11.7 Å². The fraction of sp³-hybridized carbons (Fsp3) is 0.467. The van der Waals surface area contributed by atoms with E-state index in [4.69, 9.17) is 22.7 Å². The first-order valence-electron chi connectivity index (χ1n) is 6.89. The molecule has 0 radical (unpaired) electrons. The van der Waals surface area contributed by atoms with Crippen LogP contribution in [0.2, 0.25) is 0 Å². The topological polar surface area (TPSA) is 64.3 Å². The van der Waals surface area contributed by atoms with E-state index in [1.807, 2.05) is 37.3 Å². The minimum atomic E-state index is -0.420. The van der Waals surface area contributed by atoms with Gasteiger partial charge in [-0.1, -0.05) is 49.5 Å². The molecule has 1 amide bonds. The van der Waals surface area contributed by atoms with Crippen LogP contribution in [0, 0.1) is 5.92 Å². The van der Waals surface area contributed by atoms with Crippen LogP contribution in [0.15, 0.2) is 30.3 Å². The molecule has 3 atom stereocenters. The van der Waals surface area contributed by atoms with Crippen LogP contribution in [-0.2, 0) is 9.53 Å². The highest BCUT2D eigenvalue weighted by Gasteiger charge is 2.34. The monoisotopic (exact) mass is 292 g/mol. The second-order valence-electron chi connectivity index (χ2n) is 4.97. The number of hydrogen-bond acceptors (Lipinski definition) is 3. The van der Waals surface area contributed by atoms with Gasteiger partial charge in [-0.05, 0) is 18.4 Å². The summed E-state index contributed by atoms with van der Waals surface area (Å²) in [6.07, 6.45) is 1.59. The normalized spacial score (nSPS) is 23.2. The van der Waals surface area contributed by atoms with Crippen molar-refractivity contribution in [3.05, 3.63) is 35.9 Å². The van der Waals surface area contributed by atoms with Gasteiger partial charge in [0.25, 0.3) is 0 Å². The van der Waals surface area contributed by atoms with Crippen LogP contribution < -0.4 is 11.1 Å². The van der Waals surface area contributed by atoms with Crippen molar-refractivity contribution in [3.63, 3.8) is 0 Å². The molecule has 0 spiro atoms. The molecular weight excluding hydrogens is 272 g/mol. The molecule has 0 aliphatic carbocycles. The first-order valence-corrected chi connectivity index (χ1v) is 7.30. The van der Waals surface area contributed by atoms with E-state index >= 15 is 0 Å². The summed E-state index contributed by atoms with van der Waals surface area (Å²) >= 11 is 5.08. The van der Waals surface area contributed by atoms with E-state index in [9.17, 15) is 4.79 Å². The lowest BCUT2D eigenvalue weighted by Gasteiger charge is -2.22. The standard InChI is InChI=1S/C15H20N2O2S/c1-2-12-11(8-9-19-12)15(18)17-13(14(16)20)10-6-4-3-5-7-10/h3-7,11-13H,2,8-9H2,1H3,(H2,16,20)(H,17,18). The molecule has 1 aliphatic heterocycles. The van der Waals surface area contributed by atoms with Crippen LogP contribution in [0.1, 0.15) is 31.4 Å². The summed E-state index contributed by atoms with van der Waals surface area (Å²) in [5, 5.41) is 2.95. The van der Waals surface area contributed by atoms with E-state index in [2.05, 4.69) is 5.32 Å². The Morgan fingerprint density at radius 3 is 2.80 bits per heavy atom. The maximum absolute atomic E-state index is 12.4. The number of rotatable bonds is 5. The second kappa shape index (κ2) is 6.81. The number of carbonyl (C=O) groups excluding carboxylic acids is 1. The first-order chi connectivity index (χ1) is 9.63. The first kappa shape index (κ1) is 14.9. The van der Waals surface area contributed by atoms with Crippen LogP contribution in [0.5, 0.6) is 0 Å². The van der Waals surface area contributed by atoms with Gasteiger partial charge in [-0.25, -0.2) is 0 Å². The molecule has 4 nitrogen and oxygen atoms in total. The Labute approximate surface area is 124 Å². The van der Waals surface area contributed by atoms with Crippen molar-refractivity contribution >= 4 is 23.1 Å². The van der Waals surface area contributed by atoms with Gasteiger partial charge in [0.2, 0.25) is 5.91 Å². The van der Waals surface area contributed by atoms with Crippen LogP contribution in [0.4, 0.5) is 0 Å². The number of nitrogens with two attached hydrogens (primary N) is 1. The Morgan fingerprint density at radius 1 is 1.50 bits per heavy atom. The molecule has 0 aromatic heterocycles. The Balaban J connectivity index is 2.09. The van der Waals surface area contributed by atoms with Gasteiger partial charge in [-0.15, -0.1) is 0 Å². The summed E-state index contributed by atoms with van der Waals surface area (Å²) in [5.74, 6) is -0.142. The fourth-order valence-electron chi connectivity index (χ4n) is 2.56. The summed E-state index contributed by atoms with van der Waals surface area (Å²) < 4.78 is 5.56. The SMILES string of the molecule is CCC1OCCC1C(=O)NC(C(N)=S)c1ccccc1. The maximum Gasteiger partial charge on any atom is 0.226 e. The molecule has 108 valence electrons. The zero-order valence-corrected chi connectivity index (χ0v) is 12.4. The van der Waals surface area contributed by atoms with Gasteiger partial charge in [-0.3, -0.25) is 4.79 Å². The predicted octanol–water partition coefficient (Wildman–Crippen LogP) is 1.95. The Kier molecular flexibility index (Phi) is 5.09. The molecule has 1 aromatic rings. The van der Waals surface area contributed by atoms with E-state index in [1.54, 1.807) is 0 Å². The molecule has 20 heavy (non-hydrogen) atoms. The van der Waals surface area contributed by atoms with E-state index in [1.165, 1.54) is 0 Å². The quantitative estimate of drug-likeness (QED) is 0.814. The van der Waals surface area contributed by atoms with E-state index < -0.39 is 6.04 Å². The van der Waals surface area contributed by atoms with E-state index in [-0.39, 0.29) is 22.9 Å². The van der Waals surface area contributed by atoms with E-state index in [0.717, 1.165) is 18.4 Å². The number of hydrogen-bond donors (Lipinski definition) is 2. The van der Waals surface area contributed by atoms with Crippen molar-refractivity contribution in [1.82, 2.24) is 5.32 Å². The zero-order valence-electron chi connectivity index (χ0n) is 11.5. The molecule has 1 aromatic carbocycles. The van der Waals surface area contributed by atoms with E-state index in [0.29, 0.717) is 6.61 Å². The van der Waals surface area contributed by atoms with Crippen LogP contribution in [-0.4, -0.2) is 23.6 Å². The van der Waals surface area contributed by atoms with Gasteiger partial charge in [-0.2, -0.15) is 0 Å². The number of thiocarbonyl (C=S) groups is 1. The molecule has 1 saturated heterocycles. The average Bonchev–Trinajstić information content (AvgIpc) is 2.93. The number of ether oxygens (including phenoxy) is 1. The molecule has 3 N–H and O–H groups in total. The summed E-state index contributed by atoms with van der Waals surface area (Å²) in [4.78, 5) is 12.7. The summed E-state index contributed by atoms with van der Waals surface area (Å²) in [5.41, 5.74) is 6.67. The minimum absolute atomic E-state index is 0.00207. The second-order valence-corrected chi connectivity index (χ2v) is 5.44. The minimum Gasteiger partial charge on any atom is -0.391 e. The molecule has 1 heterocycles. The van der Waals surface area contributed by atoms with Gasteiger partial charge >= 0.3 is 0 Å². The van der Waals surface area contributed by atoms with Gasteiger partial charge in [0.15, 0.2) is 0 Å². The predicted molar refractivity (Wildman–Crippen MR) is 82.2 cm³/mol. The third kappa shape index (κ3) is 3.35. The highest BCUT2D eigenvalue weighted by Crippen LogP contribution is 2.24. The lowest BCUT2D eigenvalue weighted by Crippen LogP contribution is -2.41. The third-order valence-corrected chi connectivity index (χ3v) is 3.89. The van der Waals surface area contributed by atoms with Crippen molar-refractivity contribution < 1.29 is 9.53 Å². The lowest BCUT2D eigenvalue weighted by molar-refractivity contribution is -0.127. The lowest BCUT2D eigenvalue weighted by atomic mass is 9.97. The molecule has 2 rings (SSSR count). The highest BCUT2D eigenvalue weighted by molar-refractivity contribution is 7.80. The average molecular weight is 292 g/mol. The fourth-order valence-corrected chi connectivity index (χ4v) is 2.76. The van der Waals surface area contributed by atoms with Gasteiger partial charge in [0.1, 0.15) is 11.0 Å². The molecule has 5 heteroatoms. The van der Waals surface area contributed by atoms with Gasteiger partial charge in [0.05, 0.1) is 12.0 Å². The van der Waals surface area contributed by atoms with Gasteiger partial charge in [0, 0.05) is 6.61 Å². The Hall–Kier alpha value is -1.46. The zero-order chi connectivity index (χ0) is 14.5. The van der Waals surface area contributed by atoms with Crippen LogP contribution in [0.25, 0.3) is 0 Å². The Morgan fingerprint density at radius 2 is 2.20 bits per heavy atom. The van der Waals surface area contributed by atoms with Gasteiger partial charge < -0.3 is 15.8 Å². The third-order valence-electron chi connectivity index (χ3n) is 3.65. The van der Waals surface area contributed by atoms with Crippen molar-refractivity contribution in [1.29, 1.82) is 0 Å². The number of amides is 1. The molecule has 3 unspecified atom stereocenters. The number of nitrogens with one attached hydrogen (secondary N) is 1. The summed E-state index contributed by atoms with van der Waals surface area (Å²) in [7, 11) is 0. The van der Waals surface area contributed by atoms with Crippen LogP contribution in [0.3, 0.4) is 0 Å². The number of benzene rings is 1. The van der Waals surface area contributed by atoms with Crippen molar-refractivity contribution in [2.75, 3.05) is 6.61 Å². The molecular formula is C15H20N2O2S.